The molecule has 0 atom stereocenters. The maximum Gasteiger partial charge on any atom is 0.346 e. The molecule has 17 heavy (non-hydrogen) atoms. The maximum atomic E-state index is 11.1. The number of carbonyl (C=O) groups excluding carboxylic acids is 2. The van der Waals surface area contributed by atoms with Crippen LogP contribution in [0.1, 0.15) is 54.0 Å². The minimum atomic E-state index is -0.542. The van der Waals surface area contributed by atoms with Crippen molar-refractivity contribution in [3.05, 3.63) is 34.9 Å². The summed E-state index contributed by atoms with van der Waals surface area (Å²) >= 11 is 2.19. The third kappa shape index (κ3) is 3.80. The van der Waals surface area contributed by atoms with E-state index in [1.165, 1.54) is 0 Å². The number of fused-ring (bicyclic) bond motifs is 1. The molecule has 3 nitrogen and oxygen atoms in total. The summed E-state index contributed by atoms with van der Waals surface area (Å²) in [4.78, 5) is 22.1. The molecule has 0 aromatic heterocycles. The van der Waals surface area contributed by atoms with Crippen LogP contribution in [0.25, 0.3) is 0 Å². The first-order chi connectivity index (χ1) is 8.22. The van der Waals surface area contributed by atoms with Gasteiger partial charge >= 0.3 is 11.9 Å². The van der Waals surface area contributed by atoms with Crippen molar-refractivity contribution in [2.24, 2.45) is 0 Å². The highest BCUT2D eigenvalue weighted by atomic mass is 127. The summed E-state index contributed by atoms with van der Waals surface area (Å²) in [5.41, 5.74) is 1.78. The van der Waals surface area contributed by atoms with Crippen LogP contribution in [0.5, 0.6) is 0 Å². The maximum absolute atomic E-state index is 11.1. The summed E-state index contributed by atoms with van der Waals surface area (Å²) in [6.07, 6.45) is 0. The summed E-state index contributed by atoms with van der Waals surface area (Å²) < 4.78 is 5.26. The van der Waals surface area contributed by atoms with Gasteiger partial charge in [0.1, 0.15) is 0 Å². The second-order valence-electron chi connectivity index (χ2n) is 2.69. The molecule has 0 fully saturated rings. The van der Waals surface area contributed by atoms with Crippen LogP contribution in [0.3, 0.4) is 0 Å². The van der Waals surface area contributed by atoms with Gasteiger partial charge < -0.3 is 4.74 Å². The van der Waals surface area contributed by atoms with Gasteiger partial charge in [-0.25, -0.2) is 9.59 Å². The number of alkyl halides is 1. The van der Waals surface area contributed by atoms with Crippen molar-refractivity contribution < 1.29 is 14.3 Å². The number of cyclic esters (lactones) is 2. The molecule has 0 saturated heterocycles. The molecule has 0 amide bonds. The standard InChI is InChI=1S/C9H5IO3.2C2H6/c10-4-5-1-2-6-7(3-5)9(12)13-8(6)11;2*1-2/h1-3H,4H2;2*1-2H3. The van der Waals surface area contributed by atoms with Crippen LogP contribution in [-0.2, 0) is 9.16 Å². The van der Waals surface area contributed by atoms with Crippen LogP contribution >= 0.6 is 22.6 Å². The zero-order chi connectivity index (χ0) is 13.4. The number of hydrogen-bond donors (Lipinski definition) is 0. The van der Waals surface area contributed by atoms with Crippen LogP contribution in [0.4, 0.5) is 0 Å². The fraction of sp³-hybridized carbons (Fsp3) is 0.385. The number of benzene rings is 1. The molecule has 4 heteroatoms. The van der Waals surface area contributed by atoms with Gasteiger partial charge in [0.05, 0.1) is 11.1 Å². The van der Waals surface area contributed by atoms with E-state index < -0.39 is 11.9 Å². The molecule has 0 aliphatic carbocycles. The van der Waals surface area contributed by atoms with Crippen LogP contribution in [0.15, 0.2) is 18.2 Å². The van der Waals surface area contributed by atoms with Crippen LogP contribution < -0.4 is 0 Å². The predicted molar refractivity (Wildman–Crippen MR) is 76.6 cm³/mol. The second-order valence-corrected chi connectivity index (χ2v) is 3.45. The van der Waals surface area contributed by atoms with E-state index in [9.17, 15) is 9.59 Å². The van der Waals surface area contributed by atoms with Gasteiger partial charge in [-0.1, -0.05) is 56.4 Å². The molecule has 94 valence electrons. The van der Waals surface area contributed by atoms with Gasteiger partial charge in [-0.2, -0.15) is 0 Å². The molecule has 1 heterocycles. The van der Waals surface area contributed by atoms with Crippen molar-refractivity contribution in [1.29, 1.82) is 0 Å². The molecule has 1 aliphatic rings. The van der Waals surface area contributed by atoms with Crippen LogP contribution in [-0.4, -0.2) is 11.9 Å². The molecule has 1 aliphatic heterocycles. The molecule has 1 aromatic rings. The minimum Gasteiger partial charge on any atom is -0.386 e. The lowest BCUT2D eigenvalue weighted by Crippen LogP contribution is -1.96. The van der Waals surface area contributed by atoms with Crippen LogP contribution in [0.2, 0.25) is 0 Å². The van der Waals surface area contributed by atoms with Gasteiger partial charge in [0.25, 0.3) is 0 Å². The normalized spacial score (nSPS) is 11.6. The Morgan fingerprint density at radius 1 is 1.00 bits per heavy atom. The topological polar surface area (TPSA) is 43.4 Å². The van der Waals surface area contributed by atoms with Gasteiger partial charge in [0.15, 0.2) is 0 Å². The third-order valence-corrected chi connectivity index (χ3v) is 2.74. The van der Waals surface area contributed by atoms with Gasteiger partial charge in [0.2, 0.25) is 0 Å². The Bertz CT molecular complexity index is 400. The quantitative estimate of drug-likeness (QED) is 0.334. The largest absolute Gasteiger partial charge is 0.386 e. The molecule has 0 spiro atoms. The molecule has 0 bridgehead atoms. The van der Waals surface area contributed by atoms with Crippen molar-refractivity contribution >= 4 is 34.5 Å². The highest BCUT2D eigenvalue weighted by Crippen LogP contribution is 2.21. The van der Waals surface area contributed by atoms with E-state index in [1.54, 1.807) is 12.1 Å². The first kappa shape index (κ1) is 16.1. The average Bonchev–Trinajstić information content (AvgIpc) is 2.69. The van der Waals surface area contributed by atoms with Crippen molar-refractivity contribution in [3.63, 3.8) is 0 Å². The first-order valence-corrected chi connectivity index (χ1v) is 7.20. The van der Waals surface area contributed by atoms with E-state index in [2.05, 4.69) is 27.3 Å². The Morgan fingerprint density at radius 3 is 2.06 bits per heavy atom. The molecule has 0 radical (unpaired) electrons. The highest BCUT2D eigenvalue weighted by Gasteiger charge is 2.29. The lowest BCUT2D eigenvalue weighted by Gasteiger charge is -1.95. The molecule has 0 N–H and O–H groups in total. The SMILES string of the molecule is CC.CC.O=C1OC(=O)c2cc(CI)ccc21. The second kappa shape index (κ2) is 8.22. The fourth-order valence-corrected chi connectivity index (χ4v) is 1.69. The van der Waals surface area contributed by atoms with E-state index in [1.807, 2.05) is 33.8 Å². The Balaban J connectivity index is 0.000000581. The zero-order valence-corrected chi connectivity index (χ0v) is 12.7. The Labute approximate surface area is 116 Å². The first-order valence-electron chi connectivity index (χ1n) is 5.68. The third-order valence-electron chi connectivity index (χ3n) is 1.86. The fourth-order valence-electron chi connectivity index (χ4n) is 1.22. The van der Waals surface area contributed by atoms with Crippen molar-refractivity contribution in [1.82, 2.24) is 0 Å². The predicted octanol–water partition coefficient (Wildman–Crippen LogP) is 3.98. The van der Waals surface area contributed by atoms with E-state index >= 15 is 0 Å². The summed E-state index contributed by atoms with van der Waals surface area (Å²) in [7, 11) is 0. The number of hydrogen-bond acceptors (Lipinski definition) is 3. The molecule has 1 aromatic carbocycles. The lowest BCUT2D eigenvalue weighted by atomic mass is 10.1. The lowest BCUT2D eigenvalue weighted by molar-refractivity contribution is 0.0444. The molecule has 2 rings (SSSR count). The smallest absolute Gasteiger partial charge is 0.346 e. The molecular formula is C13H17IO3. The van der Waals surface area contributed by atoms with Gasteiger partial charge in [0, 0.05) is 4.43 Å². The number of ether oxygens (including phenoxy) is 1. The number of halogens is 1. The van der Waals surface area contributed by atoms with E-state index in [0.717, 1.165) is 9.99 Å². The molecular weight excluding hydrogens is 331 g/mol. The van der Waals surface area contributed by atoms with Crippen LogP contribution in [0, 0.1) is 0 Å². The Hall–Kier alpha value is -0.910. The number of carbonyl (C=O) groups is 2. The van der Waals surface area contributed by atoms with Crippen molar-refractivity contribution in [2.45, 2.75) is 32.1 Å². The van der Waals surface area contributed by atoms with Gasteiger partial charge in [-0.05, 0) is 17.7 Å². The van der Waals surface area contributed by atoms with E-state index in [4.69, 9.17) is 0 Å². The monoisotopic (exact) mass is 348 g/mol. The van der Waals surface area contributed by atoms with Crippen molar-refractivity contribution in [3.8, 4) is 0 Å². The summed E-state index contributed by atoms with van der Waals surface area (Å²) in [5.74, 6) is -1.08. The van der Waals surface area contributed by atoms with E-state index in [-0.39, 0.29) is 0 Å². The number of esters is 2. The van der Waals surface area contributed by atoms with E-state index in [0.29, 0.717) is 11.1 Å². The highest BCUT2D eigenvalue weighted by molar-refractivity contribution is 14.1. The Morgan fingerprint density at radius 2 is 1.53 bits per heavy atom. The van der Waals surface area contributed by atoms with Crippen molar-refractivity contribution in [2.75, 3.05) is 0 Å². The molecule has 0 unspecified atom stereocenters. The zero-order valence-electron chi connectivity index (χ0n) is 10.5. The van der Waals surface area contributed by atoms with Gasteiger partial charge in [-0.15, -0.1) is 0 Å². The number of rotatable bonds is 1. The minimum absolute atomic E-state index is 0.374. The summed E-state index contributed by atoms with van der Waals surface area (Å²) in [6, 6.07) is 5.16. The molecule has 0 saturated carbocycles. The summed E-state index contributed by atoms with van der Waals surface area (Å²) in [5, 5.41) is 0. The Kier molecular flexibility index (Phi) is 7.78. The summed E-state index contributed by atoms with van der Waals surface area (Å²) in [6.45, 7) is 8.00. The average molecular weight is 348 g/mol. The van der Waals surface area contributed by atoms with Gasteiger partial charge in [-0.3, -0.25) is 0 Å².